The number of nitrogens with zero attached hydrogens (tertiary/aromatic N) is 1. The minimum atomic E-state index is -0.481. The SMILES string of the molecule is CCC(=O)c1ccc(OCC(O)CN2CCC(C)CC2)cc1.Cl. The number of halogens is 1. The smallest absolute Gasteiger partial charge is 0.162 e. The molecule has 0 aliphatic carbocycles. The molecule has 1 aromatic carbocycles. The molecule has 1 saturated heterocycles. The normalized spacial score (nSPS) is 17.3. The van der Waals surface area contributed by atoms with Crippen LogP contribution < -0.4 is 4.74 Å². The number of Topliss-reactive ketones (excluding diaryl/α,β-unsaturated/α-hetero) is 1. The minimum absolute atomic E-state index is 0. The molecule has 1 atom stereocenters. The summed E-state index contributed by atoms with van der Waals surface area (Å²) in [6.45, 7) is 7.21. The number of benzene rings is 1. The van der Waals surface area contributed by atoms with Crippen molar-refractivity contribution in [2.24, 2.45) is 5.92 Å². The molecule has 130 valence electrons. The lowest BCUT2D eigenvalue weighted by Crippen LogP contribution is -2.40. The zero-order valence-electron chi connectivity index (χ0n) is 14.0. The molecule has 0 spiro atoms. The molecule has 0 saturated carbocycles. The van der Waals surface area contributed by atoms with Crippen LogP contribution in [0.5, 0.6) is 5.75 Å². The van der Waals surface area contributed by atoms with Crippen LogP contribution in [0.1, 0.15) is 43.5 Å². The number of ether oxygens (including phenoxy) is 1. The third kappa shape index (κ3) is 6.50. The second kappa shape index (κ2) is 9.91. The summed E-state index contributed by atoms with van der Waals surface area (Å²) in [7, 11) is 0. The van der Waals surface area contributed by atoms with Crippen molar-refractivity contribution >= 4 is 18.2 Å². The van der Waals surface area contributed by atoms with Gasteiger partial charge in [-0.15, -0.1) is 12.4 Å². The molecular formula is C18H28ClNO3. The molecule has 1 fully saturated rings. The highest BCUT2D eigenvalue weighted by Crippen LogP contribution is 2.17. The molecule has 4 nitrogen and oxygen atoms in total. The molecule has 5 heteroatoms. The molecule has 1 unspecified atom stereocenters. The first-order valence-electron chi connectivity index (χ1n) is 8.25. The number of β-amino-alcohol motifs (C(OH)–C–C–N with tert-alkyl or cyclic N) is 1. The van der Waals surface area contributed by atoms with E-state index in [1.54, 1.807) is 24.3 Å². The van der Waals surface area contributed by atoms with E-state index in [1.807, 2.05) is 6.92 Å². The topological polar surface area (TPSA) is 49.8 Å². The number of carbonyl (C=O) groups excluding carboxylic acids is 1. The monoisotopic (exact) mass is 341 g/mol. The first kappa shape index (κ1) is 19.9. The molecule has 0 radical (unpaired) electrons. The number of hydrogen-bond donors (Lipinski definition) is 1. The van der Waals surface area contributed by atoms with Crippen LogP contribution >= 0.6 is 12.4 Å². The summed E-state index contributed by atoms with van der Waals surface area (Å²) in [5.74, 6) is 1.62. The maximum atomic E-state index is 11.5. The van der Waals surface area contributed by atoms with Crippen molar-refractivity contribution < 1.29 is 14.6 Å². The summed E-state index contributed by atoms with van der Waals surface area (Å²) in [5, 5.41) is 10.1. The quantitative estimate of drug-likeness (QED) is 0.774. The van der Waals surface area contributed by atoms with Crippen LogP contribution in [0.25, 0.3) is 0 Å². The Morgan fingerprint density at radius 2 is 1.91 bits per heavy atom. The molecule has 23 heavy (non-hydrogen) atoms. The van der Waals surface area contributed by atoms with Gasteiger partial charge in [0.05, 0.1) is 0 Å². The van der Waals surface area contributed by atoms with Gasteiger partial charge >= 0.3 is 0 Å². The lowest BCUT2D eigenvalue weighted by atomic mass is 9.99. The molecule has 1 aliphatic heterocycles. The predicted molar refractivity (Wildman–Crippen MR) is 94.7 cm³/mol. The maximum Gasteiger partial charge on any atom is 0.162 e. The van der Waals surface area contributed by atoms with Gasteiger partial charge in [-0.3, -0.25) is 4.79 Å². The molecule has 2 rings (SSSR count). The highest BCUT2D eigenvalue weighted by atomic mass is 35.5. The van der Waals surface area contributed by atoms with Crippen LogP contribution in [-0.2, 0) is 0 Å². The van der Waals surface area contributed by atoms with Gasteiger partial charge in [0, 0.05) is 18.5 Å². The van der Waals surface area contributed by atoms with Crippen molar-refractivity contribution in [2.75, 3.05) is 26.2 Å². The zero-order valence-corrected chi connectivity index (χ0v) is 14.8. The van der Waals surface area contributed by atoms with Gasteiger partial charge in [-0.1, -0.05) is 13.8 Å². The van der Waals surface area contributed by atoms with Gasteiger partial charge in [0.2, 0.25) is 0 Å². The highest BCUT2D eigenvalue weighted by molar-refractivity contribution is 5.95. The number of piperidine rings is 1. The fraction of sp³-hybridized carbons (Fsp3) is 0.611. The van der Waals surface area contributed by atoms with Crippen molar-refractivity contribution in [2.45, 2.75) is 39.2 Å². The summed E-state index contributed by atoms with van der Waals surface area (Å²) < 4.78 is 5.61. The Kier molecular flexibility index (Phi) is 8.59. The van der Waals surface area contributed by atoms with Crippen molar-refractivity contribution in [3.8, 4) is 5.75 Å². The average molecular weight is 342 g/mol. The summed E-state index contributed by atoms with van der Waals surface area (Å²) >= 11 is 0. The van der Waals surface area contributed by atoms with Crippen molar-refractivity contribution in [1.82, 2.24) is 4.90 Å². The Balaban J connectivity index is 0.00000264. The molecule has 0 amide bonds. The Hall–Kier alpha value is -1.10. The number of rotatable bonds is 7. The molecule has 1 heterocycles. The summed E-state index contributed by atoms with van der Waals surface area (Å²) in [6, 6.07) is 7.13. The van der Waals surface area contributed by atoms with E-state index in [0.29, 0.717) is 24.3 Å². The summed E-state index contributed by atoms with van der Waals surface area (Å²) in [6.07, 6.45) is 2.44. The van der Waals surface area contributed by atoms with Gasteiger partial charge in [0.25, 0.3) is 0 Å². The Bertz CT molecular complexity index is 470. The van der Waals surface area contributed by atoms with E-state index in [-0.39, 0.29) is 24.8 Å². The first-order chi connectivity index (χ1) is 10.6. The number of carbonyl (C=O) groups is 1. The van der Waals surface area contributed by atoms with Gasteiger partial charge in [0.1, 0.15) is 18.5 Å². The van der Waals surface area contributed by atoms with E-state index in [9.17, 15) is 9.90 Å². The number of likely N-dealkylation sites (tertiary alicyclic amines) is 1. The molecular weight excluding hydrogens is 314 g/mol. The van der Waals surface area contributed by atoms with E-state index in [4.69, 9.17) is 4.74 Å². The minimum Gasteiger partial charge on any atom is -0.491 e. The van der Waals surface area contributed by atoms with Gasteiger partial charge in [0.15, 0.2) is 5.78 Å². The fourth-order valence-electron chi connectivity index (χ4n) is 2.73. The van der Waals surface area contributed by atoms with E-state index in [0.717, 1.165) is 19.0 Å². The third-order valence-electron chi connectivity index (χ3n) is 4.28. The lowest BCUT2D eigenvalue weighted by Gasteiger charge is -2.31. The van der Waals surface area contributed by atoms with Gasteiger partial charge in [-0.05, 0) is 56.1 Å². The first-order valence-corrected chi connectivity index (χ1v) is 8.25. The van der Waals surface area contributed by atoms with Gasteiger partial charge in [-0.25, -0.2) is 0 Å². The van der Waals surface area contributed by atoms with Crippen LogP contribution in [0.2, 0.25) is 0 Å². The van der Waals surface area contributed by atoms with Crippen LogP contribution in [0.3, 0.4) is 0 Å². The van der Waals surface area contributed by atoms with E-state index in [1.165, 1.54) is 12.8 Å². The number of aliphatic hydroxyl groups is 1. The van der Waals surface area contributed by atoms with Crippen molar-refractivity contribution in [3.63, 3.8) is 0 Å². The van der Waals surface area contributed by atoms with Gasteiger partial charge in [-0.2, -0.15) is 0 Å². The average Bonchev–Trinajstić information content (AvgIpc) is 2.55. The third-order valence-corrected chi connectivity index (χ3v) is 4.28. The van der Waals surface area contributed by atoms with E-state index >= 15 is 0 Å². The Labute approximate surface area is 145 Å². The van der Waals surface area contributed by atoms with Crippen molar-refractivity contribution in [1.29, 1.82) is 0 Å². The second-order valence-corrected chi connectivity index (χ2v) is 6.25. The maximum absolute atomic E-state index is 11.5. The van der Waals surface area contributed by atoms with Gasteiger partial charge < -0.3 is 14.7 Å². The molecule has 0 bridgehead atoms. The van der Waals surface area contributed by atoms with Crippen LogP contribution in [0.4, 0.5) is 0 Å². The molecule has 0 aromatic heterocycles. The highest BCUT2D eigenvalue weighted by Gasteiger charge is 2.18. The fourth-order valence-corrected chi connectivity index (χ4v) is 2.73. The summed E-state index contributed by atoms with van der Waals surface area (Å²) in [5.41, 5.74) is 0.706. The van der Waals surface area contributed by atoms with E-state index < -0.39 is 6.10 Å². The predicted octanol–water partition coefficient (Wildman–Crippen LogP) is 3.17. The standard InChI is InChI=1S/C18H27NO3.ClH/c1-3-18(21)15-4-6-17(7-5-15)22-13-16(20)12-19-10-8-14(2)9-11-19;/h4-7,14,16,20H,3,8-13H2,1-2H3;1H. The molecule has 1 aromatic rings. The van der Waals surface area contributed by atoms with Crippen LogP contribution in [0, 0.1) is 5.92 Å². The van der Waals surface area contributed by atoms with Crippen LogP contribution in [-0.4, -0.2) is 48.1 Å². The number of ketones is 1. The van der Waals surface area contributed by atoms with Crippen LogP contribution in [0.15, 0.2) is 24.3 Å². The Morgan fingerprint density at radius 1 is 1.30 bits per heavy atom. The lowest BCUT2D eigenvalue weighted by molar-refractivity contribution is 0.0563. The largest absolute Gasteiger partial charge is 0.491 e. The number of aliphatic hydroxyl groups excluding tert-OH is 1. The number of hydrogen-bond acceptors (Lipinski definition) is 4. The van der Waals surface area contributed by atoms with E-state index in [2.05, 4.69) is 11.8 Å². The Morgan fingerprint density at radius 3 is 2.48 bits per heavy atom. The second-order valence-electron chi connectivity index (χ2n) is 6.25. The zero-order chi connectivity index (χ0) is 15.9. The van der Waals surface area contributed by atoms with Crippen molar-refractivity contribution in [3.05, 3.63) is 29.8 Å². The summed E-state index contributed by atoms with van der Waals surface area (Å²) in [4.78, 5) is 13.9. The molecule has 1 N–H and O–H groups in total. The molecule has 1 aliphatic rings.